The Balaban J connectivity index is 2.05. The Morgan fingerprint density at radius 1 is 1.42 bits per heavy atom. The average molecular weight is 282 g/mol. The molecule has 19 heavy (non-hydrogen) atoms. The van der Waals surface area contributed by atoms with Crippen LogP contribution in [0.1, 0.15) is 41.6 Å². The van der Waals surface area contributed by atoms with E-state index in [1.165, 1.54) is 0 Å². The molecule has 104 valence electrons. The van der Waals surface area contributed by atoms with Gasteiger partial charge in [-0.25, -0.2) is 0 Å². The molecule has 3 nitrogen and oxygen atoms in total. The topological polar surface area (TPSA) is 49.3 Å². The molecule has 2 unspecified atom stereocenters. The molecule has 2 rings (SSSR count). The highest BCUT2D eigenvalue weighted by Gasteiger charge is 2.26. The summed E-state index contributed by atoms with van der Waals surface area (Å²) in [5.41, 5.74) is 1.53. The summed E-state index contributed by atoms with van der Waals surface area (Å²) in [7, 11) is 0. The van der Waals surface area contributed by atoms with E-state index >= 15 is 0 Å². The second kappa shape index (κ2) is 6.40. The molecule has 1 aliphatic rings. The normalized spacial score (nSPS) is 23.1. The van der Waals surface area contributed by atoms with Crippen molar-refractivity contribution in [1.29, 1.82) is 0 Å². The highest BCUT2D eigenvalue weighted by molar-refractivity contribution is 6.31. The quantitative estimate of drug-likeness (QED) is 0.895. The van der Waals surface area contributed by atoms with Crippen molar-refractivity contribution in [2.75, 3.05) is 6.61 Å². The lowest BCUT2D eigenvalue weighted by Crippen LogP contribution is -2.43. The number of amides is 1. The summed E-state index contributed by atoms with van der Waals surface area (Å²) in [6.45, 7) is 2.03. The summed E-state index contributed by atoms with van der Waals surface area (Å²) >= 11 is 5.96. The summed E-state index contributed by atoms with van der Waals surface area (Å²) in [5.74, 6) is 0.108. The van der Waals surface area contributed by atoms with E-state index in [1.54, 1.807) is 18.2 Å². The Labute approximate surface area is 119 Å². The van der Waals surface area contributed by atoms with Crippen molar-refractivity contribution in [3.63, 3.8) is 0 Å². The Bertz CT molecular complexity index is 461. The van der Waals surface area contributed by atoms with Crippen molar-refractivity contribution in [1.82, 2.24) is 5.32 Å². The number of carbonyl (C=O) groups is 1. The van der Waals surface area contributed by atoms with E-state index < -0.39 is 0 Å². The monoisotopic (exact) mass is 281 g/mol. The van der Waals surface area contributed by atoms with Gasteiger partial charge in [0, 0.05) is 29.2 Å². The fourth-order valence-corrected chi connectivity index (χ4v) is 2.77. The van der Waals surface area contributed by atoms with Crippen LogP contribution < -0.4 is 5.32 Å². The minimum Gasteiger partial charge on any atom is -0.396 e. The van der Waals surface area contributed by atoms with Gasteiger partial charge >= 0.3 is 0 Å². The van der Waals surface area contributed by atoms with Crippen LogP contribution in [0.15, 0.2) is 18.2 Å². The van der Waals surface area contributed by atoms with Crippen LogP contribution in [0.4, 0.5) is 0 Å². The van der Waals surface area contributed by atoms with Crippen molar-refractivity contribution in [3.8, 4) is 0 Å². The molecular weight excluding hydrogens is 262 g/mol. The first-order valence-corrected chi connectivity index (χ1v) is 7.17. The molecule has 0 aliphatic heterocycles. The molecule has 1 saturated carbocycles. The molecule has 1 fully saturated rings. The van der Waals surface area contributed by atoms with E-state index in [4.69, 9.17) is 11.6 Å². The first-order valence-electron chi connectivity index (χ1n) is 6.79. The Morgan fingerprint density at radius 2 is 2.16 bits per heavy atom. The van der Waals surface area contributed by atoms with Crippen LogP contribution in [0.5, 0.6) is 0 Å². The van der Waals surface area contributed by atoms with Gasteiger partial charge in [0.2, 0.25) is 0 Å². The number of halogens is 1. The SMILES string of the molecule is Cc1cc(C(=O)NC2CCCCC2CO)ccc1Cl. The molecule has 2 N–H and O–H groups in total. The van der Waals surface area contributed by atoms with Crippen LogP contribution in [0.25, 0.3) is 0 Å². The number of nitrogens with one attached hydrogen (secondary N) is 1. The zero-order chi connectivity index (χ0) is 13.8. The van der Waals surface area contributed by atoms with Crippen LogP contribution in [-0.4, -0.2) is 23.7 Å². The van der Waals surface area contributed by atoms with Gasteiger partial charge in [-0.05, 0) is 43.5 Å². The molecule has 0 bridgehead atoms. The standard InChI is InChI=1S/C15H20ClNO2/c1-10-8-11(6-7-13(10)16)15(19)17-14-5-3-2-4-12(14)9-18/h6-8,12,14,18H,2-5,9H2,1H3,(H,17,19). The highest BCUT2D eigenvalue weighted by atomic mass is 35.5. The molecule has 1 amide bonds. The average Bonchev–Trinajstić information content (AvgIpc) is 2.42. The van der Waals surface area contributed by atoms with Gasteiger partial charge in [0.1, 0.15) is 0 Å². The molecule has 1 aliphatic carbocycles. The van der Waals surface area contributed by atoms with Crippen LogP contribution in [0.3, 0.4) is 0 Å². The van der Waals surface area contributed by atoms with Crippen LogP contribution >= 0.6 is 11.6 Å². The third-order valence-electron chi connectivity index (χ3n) is 3.88. The lowest BCUT2D eigenvalue weighted by atomic mass is 9.85. The van der Waals surface area contributed by atoms with E-state index in [-0.39, 0.29) is 24.5 Å². The number of hydrogen-bond acceptors (Lipinski definition) is 2. The Morgan fingerprint density at radius 3 is 2.84 bits per heavy atom. The second-order valence-corrected chi connectivity index (χ2v) is 5.68. The molecule has 0 radical (unpaired) electrons. The summed E-state index contributed by atoms with van der Waals surface area (Å²) < 4.78 is 0. The van der Waals surface area contributed by atoms with Crippen molar-refractivity contribution in [2.45, 2.75) is 38.6 Å². The van der Waals surface area contributed by atoms with E-state index in [9.17, 15) is 9.90 Å². The number of aliphatic hydroxyl groups excluding tert-OH is 1. The van der Waals surface area contributed by atoms with Crippen molar-refractivity contribution < 1.29 is 9.90 Å². The van der Waals surface area contributed by atoms with Crippen LogP contribution in [0.2, 0.25) is 5.02 Å². The summed E-state index contributed by atoms with van der Waals surface area (Å²) in [6, 6.07) is 5.37. The second-order valence-electron chi connectivity index (χ2n) is 5.27. The van der Waals surface area contributed by atoms with E-state index in [2.05, 4.69) is 5.32 Å². The molecule has 2 atom stereocenters. The largest absolute Gasteiger partial charge is 0.396 e. The van der Waals surface area contributed by atoms with E-state index in [0.29, 0.717) is 10.6 Å². The smallest absolute Gasteiger partial charge is 0.251 e. The Hall–Kier alpha value is -1.06. The zero-order valence-corrected chi connectivity index (χ0v) is 11.9. The fourth-order valence-electron chi connectivity index (χ4n) is 2.65. The summed E-state index contributed by atoms with van der Waals surface area (Å²) in [4.78, 5) is 12.2. The summed E-state index contributed by atoms with van der Waals surface area (Å²) in [5, 5.41) is 13.1. The number of aliphatic hydroxyl groups is 1. The first kappa shape index (κ1) is 14.4. The van der Waals surface area contributed by atoms with E-state index in [1.807, 2.05) is 6.92 Å². The van der Waals surface area contributed by atoms with Crippen LogP contribution in [-0.2, 0) is 0 Å². The molecule has 4 heteroatoms. The molecule has 1 aromatic rings. The van der Waals surface area contributed by atoms with Gasteiger partial charge in [0.05, 0.1) is 0 Å². The lowest BCUT2D eigenvalue weighted by Gasteiger charge is -2.30. The lowest BCUT2D eigenvalue weighted by molar-refractivity contribution is 0.0872. The fraction of sp³-hybridized carbons (Fsp3) is 0.533. The maximum absolute atomic E-state index is 12.2. The van der Waals surface area contributed by atoms with Crippen molar-refractivity contribution in [3.05, 3.63) is 34.3 Å². The van der Waals surface area contributed by atoms with Crippen molar-refractivity contribution >= 4 is 17.5 Å². The molecular formula is C15H20ClNO2. The third-order valence-corrected chi connectivity index (χ3v) is 4.30. The molecule has 0 spiro atoms. The number of hydrogen-bond donors (Lipinski definition) is 2. The molecule has 1 aromatic carbocycles. The van der Waals surface area contributed by atoms with E-state index in [0.717, 1.165) is 31.2 Å². The number of aryl methyl sites for hydroxylation is 1. The predicted octanol–water partition coefficient (Wildman–Crippen LogP) is 2.93. The number of benzene rings is 1. The highest BCUT2D eigenvalue weighted by Crippen LogP contribution is 2.24. The minimum atomic E-state index is -0.0786. The number of carbonyl (C=O) groups excluding carboxylic acids is 1. The third kappa shape index (κ3) is 3.48. The van der Waals surface area contributed by atoms with Gasteiger partial charge in [-0.1, -0.05) is 24.4 Å². The van der Waals surface area contributed by atoms with Gasteiger partial charge in [-0.15, -0.1) is 0 Å². The molecule has 0 saturated heterocycles. The maximum atomic E-state index is 12.2. The van der Waals surface area contributed by atoms with Gasteiger partial charge < -0.3 is 10.4 Å². The molecule has 0 aromatic heterocycles. The van der Waals surface area contributed by atoms with Crippen molar-refractivity contribution in [2.24, 2.45) is 5.92 Å². The summed E-state index contributed by atoms with van der Waals surface area (Å²) in [6.07, 6.45) is 4.18. The first-order chi connectivity index (χ1) is 9.11. The predicted molar refractivity (Wildman–Crippen MR) is 76.5 cm³/mol. The van der Waals surface area contributed by atoms with Crippen LogP contribution in [0, 0.1) is 12.8 Å². The van der Waals surface area contributed by atoms with Gasteiger partial charge in [0.15, 0.2) is 0 Å². The van der Waals surface area contributed by atoms with Gasteiger partial charge in [-0.2, -0.15) is 0 Å². The van der Waals surface area contributed by atoms with Gasteiger partial charge in [0.25, 0.3) is 5.91 Å². The number of rotatable bonds is 3. The van der Waals surface area contributed by atoms with Gasteiger partial charge in [-0.3, -0.25) is 4.79 Å². The minimum absolute atomic E-state index is 0.0786. The Kier molecular flexibility index (Phi) is 4.83. The zero-order valence-electron chi connectivity index (χ0n) is 11.2. The maximum Gasteiger partial charge on any atom is 0.251 e. The molecule has 0 heterocycles.